The average molecular weight is 321 g/mol. The summed E-state index contributed by atoms with van der Waals surface area (Å²) in [5.41, 5.74) is -1.07. The fraction of sp³-hybridized carbons (Fsp3) is 0.273. The number of aliphatic hydroxyl groups excluding tert-OH is 1. The van der Waals surface area contributed by atoms with Crippen molar-refractivity contribution in [2.24, 2.45) is 0 Å². The van der Waals surface area contributed by atoms with Crippen LogP contribution in [0.4, 0.5) is 23.1 Å². The number of nitrogens with zero attached hydrogens (tertiary/aromatic N) is 1. The summed E-state index contributed by atoms with van der Waals surface area (Å²) in [7, 11) is 0. The van der Waals surface area contributed by atoms with E-state index in [1.165, 1.54) is 12.3 Å². The molecule has 0 fully saturated rings. The van der Waals surface area contributed by atoms with Crippen molar-refractivity contribution in [1.82, 2.24) is 10.3 Å². The summed E-state index contributed by atoms with van der Waals surface area (Å²) < 4.78 is 41.9. The molecule has 2 aromatic heterocycles. The van der Waals surface area contributed by atoms with E-state index >= 15 is 0 Å². The molecule has 21 heavy (non-hydrogen) atoms. The molecule has 0 aromatic carbocycles. The van der Waals surface area contributed by atoms with Crippen LogP contribution < -0.4 is 10.6 Å². The molecule has 114 valence electrons. The summed E-state index contributed by atoms with van der Waals surface area (Å²) in [6.07, 6.45) is -4.23. The van der Waals surface area contributed by atoms with E-state index in [0.717, 1.165) is 5.38 Å². The Kier molecular flexibility index (Phi) is 4.48. The van der Waals surface area contributed by atoms with Gasteiger partial charge >= 0.3 is 12.2 Å². The number of alkyl halides is 3. The quantitative estimate of drug-likeness (QED) is 0.808. The molecular formula is C11H10F3N3O3S. The van der Waals surface area contributed by atoms with Gasteiger partial charge in [-0.15, -0.1) is 11.3 Å². The molecule has 10 heteroatoms. The Balaban J connectivity index is 1.83. The van der Waals surface area contributed by atoms with Gasteiger partial charge in [0.05, 0.1) is 12.8 Å². The number of hydrogen-bond donors (Lipinski definition) is 3. The third kappa shape index (κ3) is 4.20. The van der Waals surface area contributed by atoms with E-state index in [9.17, 15) is 23.1 Å². The van der Waals surface area contributed by atoms with Gasteiger partial charge < -0.3 is 14.8 Å². The predicted octanol–water partition coefficient (Wildman–Crippen LogP) is 2.61. The standard InChI is InChI=1S/C11H10F3N3O3S/c12-11(13,14)8-5-21-10(16-8)17-9(19)15-4-6(18)7-2-1-3-20-7/h1-3,5-6,18H,4H2,(H2,15,16,17,19). The van der Waals surface area contributed by atoms with Crippen molar-refractivity contribution in [2.45, 2.75) is 12.3 Å². The number of aromatic nitrogens is 1. The molecule has 2 aromatic rings. The van der Waals surface area contributed by atoms with Crippen LogP contribution in [0.3, 0.4) is 0 Å². The average Bonchev–Trinajstić information content (AvgIpc) is 3.05. The van der Waals surface area contributed by atoms with E-state index < -0.39 is 24.0 Å². The van der Waals surface area contributed by atoms with Crippen LogP contribution in [0, 0.1) is 0 Å². The van der Waals surface area contributed by atoms with Crippen molar-refractivity contribution < 1.29 is 27.5 Å². The first-order valence-corrected chi connectivity index (χ1v) is 6.53. The Labute approximate surface area is 120 Å². The van der Waals surface area contributed by atoms with Crippen molar-refractivity contribution in [3.05, 3.63) is 35.2 Å². The zero-order chi connectivity index (χ0) is 15.5. The minimum absolute atomic E-state index is 0.156. The number of furan rings is 1. The van der Waals surface area contributed by atoms with Crippen molar-refractivity contribution in [1.29, 1.82) is 0 Å². The lowest BCUT2D eigenvalue weighted by molar-refractivity contribution is -0.140. The highest BCUT2D eigenvalue weighted by molar-refractivity contribution is 7.13. The second kappa shape index (κ2) is 6.14. The van der Waals surface area contributed by atoms with Crippen LogP contribution >= 0.6 is 11.3 Å². The molecular weight excluding hydrogens is 311 g/mol. The Hall–Kier alpha value is -2.07. The van der Waals surface area contributed by atoms with Crippen LogP contribution in [0.5, 0.6) is 0 Å². The number of nitrogens with one attached hydrogen (secondary N) is 2. The van der Waals surface area contributed by atoms with Crippen molar-refractivity contribution in [3.63, 3.8) is 0 Å². The van der Waals surface area contributed by atoms with Gasteiger partial charge in [-0.25, -0.2) is 9.78 Å². The molecule has 6 nitrogen and oxygen atoms in total. The summed E-state index contributed by atoms with van der Waals surface area (Å²) in [5, 5.41) is 14.7. The summed E-state index contributed by atoms with van der Waals surface area (Å²) in [4.78, 5) is 14.7. The van der Waals surface area contributed by atoms with Crippen LogP contribution in [0.25, 0.3) is 0 Å². The molecule has 0 aliphatic rings. The van der Waals surface area contributed by atoms with Crippen LogP contribution in [0.2, 0.25) is 0 Å². The molecule has 0 aliphatic heterocycles. The summed E-state index contributed by atoms with van der Waals surface area (Å²) in [6, 6.07) is 2.33. The lowest BCUT2D eigenvalue weighted by atomic mass is 10.3. The number of carbonyl (C=O) groups excluding carboxylic acids is 1. The van der Waals surface area contributed by atoms with Crippen LogP contribution in [-0.2, 0) is 6.18 Å². The van der Waals surface area contributed by atoms with Crippen LogP contribution in [-0.4, -0.2) is 22.7 Å². The van der Waals surface area contributed by atoms with Crippen molar-refractivity contribution in [3.8, 4) is 0 Å². The molecule has 1 unspecified atom stereocenters. The van der Waals surface area contributed by atoms with Crippen LogP contribution in [0.15, 0.2) is 28.2 Å². The van der Waals surface area contributed by atoms with Gasteiger partial charge in [0.2, 0.25) is 0 Å². The highest BCUT2D eigenvalue weighted by Crippen LogP contribution is 2.31. The van der Waals surface area contributed by atoms with E-state index in [1.54, 1.807) is 6.07 Å². The van der Waals surface area contributed by atoms with Gasteiger partial charge in [0.15, 0.2) is 10.8 Å². The van der Waals surface area contributed by atoms with E-state index in [2.05, 4.69) is 15.6 Å². The lowest BCUT2D eigenvalue weighted by Gasteiger charge is -2.09. The molecule has 0 saturated heterocycles. The lowest BCUT2D eigenvalue weighted by Crippen LogP contribution is -2.32. The number of aliphatic hydroxyl groups is 1. The summed E-state index contributed by atoms with van der Waals surface area (Å²) in [6.45, 7) is -0.156. The number of anilines is 1. The second-order valence-electron chi connectivity index (χ2n) is 3.90. The van der Waals surface area contributed by atoms with Crippen molar-refractivity contribution >= 4 is 22.5 Å². The SMILES string of the molecule is O=C(NCC(O)c1ccco1)Nc1nc(C(F)(F)F)cs1. The highest BCUT2D eigenvalue weighted by atomic mass is 32.1. The number of carbonyl (C=O) groups is 1. The number of halogens is 3. The van der Waals surface area contributed by atoms with Crippen molar-refractivity contribution in [2.75, 3.05) is 11.9 Å². The van der Waals surface area contributed by atoms with Gasteiger partial charge in [-0.2, -0.15) is 13.2 Å². The molecule has 2 heterocycles. The molecule has 0 aliphatic carbocycles. The Bertz CT molecular complexity index is 597. The third-order valence-electron chi connectivity index (χ3n) is 2.34. The molecule has 0 saturated carbocycles. The number of hydrogen-bond acceptors (Lipinski definition) is 5. The number of amides is 2. The largest absolute Gasteiger partial charge is 0.467 e. The Morgan fingerprint density at radius 2 is 2.29 bits per heavy atom. The maximum atomic E-state index is 12.3. The Morgan fingerprint density at radius 1 is 1.52 bits per heavy atom. The zero-order valence-corrected chi connectivity index (χ0v) is 11.2. The third-order valence-corrected chi connectivity index (χ3v) is 3.10. The van der Waals surface area contributed by atoms with E-state index in [0.29, 0.717) is 11.3 Å². The van der Waals surface area contributed by atoms with Gasteiger partial charge in [0.1, 0.15) is 11.9 Å². The minimum atomic E-state index is -4.55. The van der Waals surface area contributed by atoms with Gasteiger partial charge in [0, 0.05) is 5.38 Å². The molecule has 0 bridgehead atoms. The molecule has 2 rings (SSSR count). The highest BCUT2D eigenvalue weighted by Gasteiger charge is 2.33. The first-order chi connectivity index (χ1) is 9.86. The maximum Gasteiger partial charge on any atom is 0.434 e. The molecule has 0 spiro atoms. The molecule has 3 N–H and O–H groups in total. The first-order valence-electron chi connectivity index (χ1n) is 5.65. The summed E-state index contributed by atoms with van der Waals surface area (Å²) >= 11 is 0.653. The first kappa shape index (κ1) is 15.3. The zero-order valence-electron chi connectivity index (χ0n) is 10.3. The normalized spacial score (nSPS) is 13.0. The number of urea groups is 1. The predicted molar refractivity (Wildman–Crippen MR) is 67.8 cm³/mol. The molecule has 0 radical (unpaired) electrons. The minimum Gasteiger partial charge on any atom is -0.467 e. The monoisotopic (exact) mass is 321 g/mol. The second-order valence-corrected chi connectivity index (χ2v) is 4.76. The molecule has 2 amide bonds. The summed E-state index contributed by atoms with van der Waals surface area (Å²) in [5.74, 6) is 0.268. The number of rotatable bonds is 4. The fourth-order valence-corrected chi connectivity index (χ4v) is 2.09. The van der Waals surface area contributed by atoms with Crippen LogP contribution in [0.1, 0.15) is 17.6 Å². The van der Waals surface area contributed by atoms with E-state index in [-0.39, 0.29) is 17.4 Å². The van der Waals surface area contributed by atoms with Gasteiger partial charge in [-0.3, -0.25) is 5.32 Å². The Morgan fingerprint density at radius 3 is 2.86 bits per heavy atom. The maximum absolute atomic E-state index is 12.3. The molecule has 1 atom stereocenters. The fourth-order valence-electron chi connectivity index (χ4n) is 1.37. The van der Waals surface area contributed by atoms with Gasteiger partial charge in [0.25, 0.3) is 0 Å². The smallest absolute Gasteiger partial charge is 0.434 e. The van der Waals surface area contributed by atoms with E-state index in [4.69, 9.17) is 4.42 Å². The van der Waals surface area contributed by atoms with Gasteiger partial charge in [-0.05, 0) is 12.1 Å². The van der Waals surface area contributed by atoms with Gasteiger partial charge in [-0.1, -0.05) is 0 Å². The number of thiazole rings is 1. The topological polar surface area (TPSA) is 87.4 Å². The van der Waals surface area contributed by atoms with E-state index in [1.807, 2.05) is 0 Å².